The van der Waals surface area contributed by atoms with Crippen LogP contribution in [0, 0.1) is 6.92 Å². The Labute approximate surface area is 215 Å². The van der Waals surface area contributed by atoms with Crippen LogP contribution in [0.1, 0.15) is 29.7 Å². The summed E-state index contributed by atoms with van der Waals surface area (Å²) in [6, 6.07) is 14.4. The molecule has 0 aliphatic carbocycles. The highest BCUT2D eigenvalue weighted by molar-refractivity contribution is 14.0. The highest BCUT2D eigenvalue weighted by Gasteiger charge is 2.18. The van der Waals surface area contributed by atoms with Gasteiger partial charge < -0.3 is 29.7 Å². The number of aryl methyl sites for hydroxylation is 1. The van der Waals surface area contributed by atoms with Gasteiger partial charge in [0.25, 0.3) is 0 Å². The molecule has 0 bridgehead atoms. The van der Waals surface area contributed by atoms with Crippen LogP contribution >= 0.6 is 24.0 Å². The SMILES string of the molecule is CCNC(=NCc1ccc(C)cc1OCCOC)NCC(c1ccccc1OC)N(C)C.I. The number of guanidine groups is 1. The van der Waals surface area contributed by atoms with Gasteiger partial charge in [0, 0.05) is 31.3 Å². The fourth-order valence-corrected chi connectivity index (χ4v) is 3.37. The Bertz CT molecular complexity index is 861. The maximum Gasteiger partial charge on any atom is 0.191 e. The number of nitrogens with one attached hydrogen (secondary N) is 2. The number of rotatable bonds is 12. The number of para-hydroxylation sites is 1. The van der Waals surface area contributed by atoms with Crippen LogP contribution in [-0.4, -0.2) is 65.5 Å². The summed E-state index contributed by atoms with van der Waals surface area (Å²) in [6.07, 6.45) is 0. The molecule has 0 radical (unpaired) electrons. The summed E-state index contributed by atoms with van der Waals surface area (Å²) in [7, 11) is 7.52. The second-order valence-electron chi connectivity index (χ2n) is 7.75. The second kappa shape index (κ2) is 15.7. The molecule has 0 spiro atoms. The summed E-state index contributed by atoms with van der Waals surface area (Å²) in [6.45, 7) is 7.16. The number of hydrogen-bond donors (Lipinski definition) is 2. The summed E-state index contributed by atoms with van der Waals surface area (Å²) >= 11 is 0. The van der Waals surface area contributed by atoms with E-state index in [4.69, 9.17) is 19.2 Å². The Morgan fingerprint density at radius 1 is 1.03 bits per heavy atom. The van der Waals surface area contributed by atoms with Crippen LogP contribution in [0.2, 0.25) is 0 Å². The molecule has 0 aliphatic rings. The predicted octanol–water partition coefficient (Wildman–Crippen LogP) is 4.00. The standard InChI is InChI=1S/C25H38N4O3.HI/c1-7-26-25(27-17-20-13-12-19(2)16-24(20)32-15-14-30-5)28-18-22(29(3)4)21-10-8-9-11-23(21)31-6;/h8-13,16,22H,7,14-15,17-18H2,1-6H3,(H2,26,27,28);1H. The van der Waals surface area contributed by atoms with E-state index in [-0.39, 0.29) is 30.0 Å². The van der Waals surface area contributed by atoms with Crippen LogP contribution in [0.3, 0.4) is 0 Å². The van der Waals surface area contributed by atoms with Crippen LogP contribution in [0.25, 0.3) is 0 Å². The highest BCUT2D eigenvalue weighted by Crippen LogP contribution is 2.27. The molecular formula is C25H39IN4O3. The molecule has 7 nitrogen and oxygen atoms in total. The lowest BCUT2D eigenvalue weighted by molar-refractivity contribution is 0.145. The van der Waals surface area contributed by atoms with Gasteiger partial charge in [-0.3, -0.25) is 0 Å². The van der Waals surface area contributed by atoms with Crippen molar-refractivity contribution in [1.82, 2.24) is 15.5 Å². The lowest BCUT2D eigenvalue weighted by Crippen LogP contribution is -2.41. The molecule has 0 heterocycles. The Kier molecular flexibility index (Phi) is 13.8. The van der Waals surface area contributed by atoms with Gasteiger partial charge in [-0.05, 0) is 45.6 Å². The number of methoxy groups -OCH3 is 2. The number of ether oxygens (including phenoxy) is 3. The van der Waals surface area contributed by atoms with E-state index in [1.54, 1.807) is 14.2 Å². The van der Waals surface area contributed by atoms with Crippen molar-refractivity contribution in [2.24, 2.45) is 4.99 Å². The molecule has 2 rings (SSSR count). The van der Waals surface area contributed by atoms with Crippen molar-refractivity contribution in [1.29, 1.82) is 0 Å². The van der Waals surface area contributed by atoms with E-state index in [0.717, 1.165) is 40.7 Å². The average Bonchev–Trinajstić information content (AvgIpc) is 2.78. The summed E-state index contributed by atoms with van der Waals surface area (Å²) < 4.78 is 16.6. The first-order valence-electron chi connectivity index (χ1n) is 11.0. The minimum atomic E-state index is 0. The Hall–Kier alpha value is -2.04. The molecule has 33 heavy (non-hydrogen) atoms. The molecule has 2 aromatic carbocycles. The van der Waals surface area contributed by atoms with Crippen molar-refractivity contribution in [3.63, 3.8) is 0 Å². The van der Waals surface area contributed by atoms with Gasteiger partial charge >= 0.3 is 0 Å². The van der Waals surface area contributed by atoms with E-state index in [1.807, 2.05) is 24.3 Å². The Balaban J connectivity index is 0.00000544. The zero-order valence-electron chi connectivity index (χ0n) is 20.7. The van der Waals surface area contributed by atoms with E-state index in [9.17, 15) is 0 Å². The number of halogens is 1. The lowest BCUT2D eigenvalue weighted by atomic mass is 10.0. The fourth-order valence-electron chi connectivity index (χ4n) is 3.37. The molecule has 0 fully saturated rings. The van der Waals surface area contributed by atoms with E-state index < -0.39 is 0 Å². The topological polar surface area (TPSA) is 67.4 Å². The van der Waals surface area contributed by atoms with E-state index >= 15 is 0 Å². The number of aliphatic imine (C=N–C) groups is 1. The molecule has 0 amide bonds. The molecule has 1 unspecified atom stereocenters. The van der Waals surface area contributed by atoms with Crippen LogP contribution < -0.4 is 20.1 Å². The maximum absolute atomic E-state index is 5.91. The summed E-state index contributed by atoms with van der Waals surface area (Å²) in [5, 5.41) is 6.82. The van der Waals surface area contributed by atoms with Gasteiger partial charge in [0.15, 0.2) is 5.96 Å². The smallest absolute Gasteiger partial charge is 0.191 e. The maximum atomic E-state index is 5.91. The van der Waals surface area contributed by atoms with Gasteiger partial charge in [-0.2, -0.15) is 0 Å². The Morgan fingerprint density at radius 2 is 1.79 bits per heavy atom. The number of likely N-dealkylation sites (N-methyl/N-ethyl adjacent to an activating group) is 1. The molecular weight excluding hydrogens is 531 g/mol. The zero-order valence-corrected chi connectivity index (χ0v) is 23.0. The van der Waals surface area contributed by atoms with Gasteiger partial charge in [0.05, 0.1) is 26.3 Å². The van der Waals surface area contributed by atoms with Crippen molar-refractivity contribution in [3.8, 4) is 11.5 Å². The Morgan fingerprint density at radius 3 is 2.45 bits per heavy atom. The number of nitrogens with zero attached hydrogens (tertiary/aromatic N) is 2. The molecule has 0 aromatic heterocycles. The van der Waals surface area contributed by atoms with Crippen LogP contribution in [-0.2, 0) is 11.3 Å². The quantitative estimate of drug-likeness (QED) is 0.174. The van der Waals surface area contributed by atoms with Gasteiger partial charge in [-0.25, -0.2) is 4.99 Å². The molecule has 2 N–H and O–H groups in total. The van der Waals surface area contributed by atoms with Crippen molar-refractivity contribution in [2.45, 2.75) is 26.4 Å². The van der Waals surface area contributed by atoms with Crippen molar-refractivity contribution in [2.75, 3.05) is 54.6 Å². The summed E-state index contributed by atoms with van der Waals surface area (Å²) in [4.78, 5) is 6.98. The third-order valence-electron chi connectivity index (χ3n) is 5.10. The van der Waals surface area contributed by atoms with Crippen molar-refractivity contribution in [3.05, 3.63) is 59.2 Å². The van der Waals surface area contributed by atoms with Crippen molar-refractivity contribution < 1.29 is 14.2 Å². The average molecular weight is 571 g/mol. The summed E-state index contributed by atoms with van der Waals surface area (Å²) in [5.41, 5.74) is 3.33. The molecule has 8 heteroatoms. The van der Waals surface area contributed by atoms with Crippen LogP contribution in [0.4, 0.5) is 0 Å². The van der Waals surface area contributed by atoms with E-state index in [2.05, 4.69) is 61.7 Å². The first-order chi connectivity index (χ1) is 15.5. The normalized spacial score (nSPS) is 12.2. The van der Waals surface area contributed by atoms with Crippen molar-refractivity contribution >= 4 is 29.9 Å². The minimum absolute atomic E-state index is 0. The van der Waals surface area contributed by atoms with Gasteiger partial charge in [-0.1, -0.05) is 30.3 Å². The van der Waals surface area contributed by atoms with E-state index in [1.165, 1.54) is 0 Å². The molecule has 0 saturated heterocycles. The van der Waals surface area contributed by atoms with E-state index in [0.29, 0.717) is 26.3 Å². The predicted molar refractivity (Wildman–Crippen MR) is 146 cm³/mol. The van der Waals surface area contributed by atoms with Gasteiger partial charge in [0.2, 0.25) is 0 Å². The second-order valence-corrected chi connectivity index (χ2v) is 7.75. The molecule has 2 aromatic rings. The summed E-state index contributed by atoms with van der Waals surface area (Å²) in [5.74, 6) is 2.49. The number of hydrogen-bond acceptors (Lipinski definition) is 5. The minimum Gasteiger partial charge on any atom is -0.496 e. The molecule has 1 atom stereocenters. The lowest BCUT2D eigenvalue weighted by Gasteiger charge is -2.27. The number of benzene rings is 2. The zero-order chi connectivity index (χ0) is 23.3. The molecule has 184 valence electrons. The first kappa shape index (κ1) is 29.0. The monoisotopic (exact) mass is 570 g/mol. The third-order valence-corrected chi connectivity index (χ3v) is 5.10. The third kappa shape index (κ3) is 9.38. The van der Waals surface area contributed by atoms with Gasteiger partial charge in [0.1, 0.15) is 18.1 Å². The largest absolute Gasteiger partial charge is 0.496 e. The fraction of sp³-hybridized carbons (Fsp3) is 0.480. The molecule has 0 saturated carbocycles. The first-order valence-corrected chi connectivity index (χ1v) is 11.0. The van der Waals surface area contributed by atoms with Crippen LogP contribution in [0.5, 0.6) is 11.5 Å². The highest BCUT2D eigenvalue weighted by atomic mass is 127. The molecule has 0 aliphatic heterocycles. The van der Waals surface area contributed by atoms with Crippen LogP contribution in [0.15, 0.2) is 47.5 Å². The van der Waals surface area contributed by atoms with Gasteiger partial charge in [-0.15, -0.1) is 24.0 Å².